The van der Waals surface area contributed by atoms with E-state index in [2.05, 4.69) is 4.90 Å². The fourth-order valence-corrected chi connectivity index (χ4v) is 3.74. The van der Waals surface area contributed by atoms with Gasteiger partial charge in [-0.2, -0.15) is 0 Å². The summed E-state index contributed by atoms with van der Waals surface area (Å²) in [6, 6.07) is 10.7. The van der Waals surface area contributed by atoms with Crippen LogP contribution in [0.4, 0.5) is 0 Å². The van der Waals surface area contributed by atoms with Gasteiger partial charge in [-0.15, -0.1) is 0 Å². The summed E-state index contributed by atoms with van der Waals surface area (Å²) >= 11 is 17.9. The van der Waals surface area contributed by atoms with Crippen molar-refractivity contribution in [2.75, 3.05) is 32.8 Å². The molecule has 5 nitrogen and oxygen atoms in total. The number of piperazine rings is 1. The molecule has 2 aromatic carbocycles. The second-order valence-electron chi connectivity index (χ2n) is 6.50. The van der Waals surface area contributed by atoms with E-state index in [9.17, 15) is 9.59 Å². The third kappa shape index (κ3) is 5.39. The van der Waals surface area contributed by atoms with E-state index in [0.717, 1.165) is 24.7 Å². The molecular formula is C20H19Cl3N2O3. The van der Waals surface area contributed by atoms with Gasteiger partial charge in [-0.05, 0) is 29.8 Å². The number of carbonyl (C=O) groups excluding carboxylic acids is 2. The van der Waals surface area contributed by atoms with Crippen LogP contribution in [0.3, 0.4) is 0 Å². The Morgan fingerprint density at radius 1 is 1.00 bits per heavy atom. The summed E-state index contributed by atoms with van der Waals surface area (Å²) in [6.45, 7) is 3.42. The Morgan fingerprint density at radius 3 is 2.32 bits per heavy atom. The van der Waals surface area contributed by atoms with Gasteiger partial charge in [-0.1, -0.05) is 46.9 Å². The summed E-state index contributed by atoms with van der Waals surface area (Å²) in [5.74, 6) is 0.0322. The van der Waals surface area contributed by atoms with Gasteiger partial charge in [-0.25, -0.2) is 0 Å². The number of carbonyl (C=O) groups is 2. The molecule has 1 fully saturated rings. The van der Waals surface area contributed by atoms with E-state index in [1.165, 1.54) is 17.7 Å². The molecule has 3 rings (SSSR count). The van der Waals surface area contributed by atoms with E-state index in [1.807, 2.05) is 24.3 Å². The predicted octanol–water partition coefficient (Wildman–Crippen LogP) is 4.18. The van der Waals surface area contributed by atoms with Crippen LogP contribution in [-0.4, -0.2) is 54.8 Å². The largest absolute Gasteiger partial charge is 0.481 e. The predicted molar refractivity (Wildman–Crippen MR) is 111 cm³/mol. The quantitative estimate of drug-likeness (QED) is 0.631. The summed E-state index contributed by atoms with van der Waals surface area (Å²) in [5, 5.41) is 1.26. The van der Waals surface area contributed by atoms with Gasteiger partial charge >= 0.3 is 0 Å². The highest BCUT2D eigenvalue weighted by molar-refractivity contribution is 6.36. The first kappa shape index (κ1) is 20.9. The van der Waals surface area contributed by atoms with Crippen LogP contribution in [-0.2, 0) is 11.3 Å². The van der Waals surface area contributed by atoms with E-state index < -0.39 is 0 Å². The molecule has 0 N–H and O–H groups in total. The lowest BCUT2D eigenvalue weighted by molar-refractivity contribution is -0.135. The molecule has 0 unspecified atom stereocenters. The van der Waals surface area contributed by atoms with Crippen LogP contribution in [0.15, 0.2) is 36.4 Å². The van der Waals surface area contributed by atoms with Crippen LogP contribution >= 0.6 is 34.8 Å². The minimum atomic E-state index is -0.181. The van der Waals surface area contributed by atoms with E-state index in [0.29, 0.717) is 24.4 Å². The Morgan fingerprint density at radius 2 is 1.68 bits per heavy atom. The van der Waals surface area contributed by atoms with Crippen molar-refractivity contribution < 1.29 is 14.3 Å². The Balaban J connectivity index is 1.50. The molecule has 8 heteroatoms. The van der Waals surface area contributed by atoms with Gasteiger partial charge in [0.15, 0.2) is 12.9 Å². The number of hydrogen-bond donors (Lipinski definition) is 0. The fraction of sp³-hybridized carbons (Fsp3) is 0.300. The molecule has 0 saturated carbocycles. The number of rotatable bonds is 6. The summed E-state index contributed by atoms with van der Waals surface area (Å²) in [7, 11) is 0. The number of halogens is 3. The van der Waals surface area contributed by atoms with E-state index in [-0.39, 0.29) is 28.8 Å². The minimum absolute atomic E-state index is 0.144. The van der Waals surface area contributed by atoms with Gasteiger partial charge in [0.1, 0.15) is 5.75 Å². The number of amides is 1. The maximum absolute atomic E-state index is 12.5. The molecule has 28 heavy (non-hydrogen) atoms. The molecule has 1 heterocycles. The average Bonchev–Trinajstić information content (AvgIpc) is 2.69. The van der Waals surface area contributed by atoms with Crippen LogP contribution < -0.4 is 4.74 Å². The van der Waals surface area contributed by atoms with Gasteiger partial charge in [0.2, 0.25) is 0 Å². The maximum Gasteiger partial charge on any atom is 0.260 e. The number of aldehydes is 1. The summed E-state index contributed by atoms with van der Waals surface area (Å²) < 4.78 is 5.52. The highest BCUT2D eigenvalue weighted by Crippen LogP contribution is 2.31. The second-order valence-corrected chi connectivity index (χ2v) is 7.78. The average molecular weight is 442 g/mol. The van der Waals surface area contributed by atoms with E-state index in [4.69, 9.17) is 39.5 Å². The van der Waals surface area contributed by atoms with Crippen LogP contribution in [0.1, 0.15) is 15.9 Å². The van der Waals surface area contributed by atoms with E-state index >= 15 is 0 Å². The Hall–Kier alpha value is -1.79. The Kier molecular flexibility index (Phi) is 7.18. The Labute approximate surface area is 178 Å². The van der Waals surface area contributed by atoms with Gasteiger partial charge in [0.25, 0.3) is 5.91 Å². The number of hydrogen-bond acceptors (Lipinski definition) is 4. The van der Waals surface area contributed by atoms with Crippen molar-refractivity contribution in [3.05, 3.63) is 62.6 Å². The zero-order chi connectivity index (χ0) is 20.1. The van der Waals surface area contributed by atoms with Gasteiger partial charge in [0, 0.05) is 42.8 Å². The summed E-state index contributed by atoms with van der Waals surface area (Å²) in [6.07, 6.45) is 0.604. The zero-order valence-corrected chi connectivity index (χ0v) is 17.3. The van der Waals surface area contributed by atoms with Crippen molar-refractivity contribution in [2.45, 2.75) is 6.54 Å². The fourth-order valence-electron chi connectivity index (χ4n) is 3.05. The highest BCUT2D eigenvalue weighted by atomic mass is 35.5. The first-order valence-electron chi connectivity index (χ1n) is 8.78. The topological polar surface area (TPSA) is 49.9 Å². The molecule has 1 saturated heterocycles. The van der Waals surface area contributed by atoms with Gasteiger partial charge < -0.3 is 9.64 Å². The van der Waals surface area contributed by atoms with Crippen molar-refractivity contribution in [3.8, 4) is 5.75 Å². The van der Waals surface area contributed by atoms with Crippen LogP contribution in [0, 0.1) is 0 Å². The molecule has 1 amide bonds. The third-order valence-electron chi connectivity index (χ3n) is 4.55. The first-order valence-corrected chi connectivity index (χ1v) is 9.91. The molecule has 1 aliphatic rings. The second kappa shape index (κ2) is 9.61. The van der Waals surface area contributed by atoms with E-state index in [1.54, 1.807) is 4.90 Å². The van der Waals surface area contributed by atoms with Gasteiger partial charge in [-0.3, -0.25) is 14.5 Å². The first-order chi connectivity index (χ1) is 13.5. The summed E-state index contributed by atoms with van der Waals surface area (Å²) in [5.41, 5.74) is 1.41. The normalized spacial score (nSPS) is 14.8. The highest BCUT2D eigenvalue weighted by Gasteiger charge is 2.22. The molecule has 0 aromatic heterocycles. The lowest BCUT2D eigenvalue weighted by atomic mass is 10.2. The lowest BCUT2D eigenvalue weighted by Crippen LogP contribution is -2.49. The minimum Gasteiger partial charge on any atom is -0.481 e. The van der Waals surface area contributed by atoms with Crippen LogP contribution in [0.5, 0.6) is 5.75 Å². The standard InChI is InChI=1S/C20H19Cl3N2O3/c21-16-3-1-14(2-4-16)11-24-5-7-25(8-6-24)19(27)13-28-20-15(12-26)9-17(22)10-18(20)23/h1-4,9-10,12H,5-8,11,13H2. The smallest absolute Gasteiger partial charge is 0.260 e. The molecule has 1 aliphatic heterocycles. The number of benzene rings is 2. The molecule has 2 aromatic rings. The maximum atomic E-state index is 12.5. The number of nitrogens with zero attached hydrogens (tertiary/aromatic N) is 2. The third-order valence-corrected chi connectivity index (χ3v) is 5.30. The Bertz CT molecular complexity index is 851. The molecule has 0 atom stereocenters. The van der Waals surface area contributed by atoms with Crippen LogP contribution in [0.2, 0.25) is 15.1 Å². The van der Waals surface area contributed by atoms with Gasteiger partial charge in [0.05, 0.1) is 10.6 Å². The van der Waals surface area contributed by atoms with Crippen molar-refractivity contribution >= 4 is 47.0 Å². The molecule has 0 aliphatic carbocycles. The van der Waals surface area contributed by atoms with Crippen LogP contribution in [0.25, 0.3) is 0 Å². The molecular weight excluding hydrogens is 423 g/mol. The SMILES string of the molecule is O=Cc1cc(Cl)cc(Cl)c1OCC(=O)N1CCN(Cc2ccc(Cl)cc2)CC1. The monoisotopic (exact) mass is 440 g/mol. The summed E-state index contributed by atoms with van der Waals surface area (Å²) in [4.78, 5) is 27.7. The zero-order valence-electron chi connectivity index (χ0n) is 15.0. The van der Waals surface area contributed by atoms with Crippen molar-refractivity contribution in [1.29, 1.82) is 0 Å². The van der Waals surface area contributed by atoms with Crippen molar-refractivity contribution in [2.24, 2.45) is 0 Å². The van der Waals surface area contributed by atoms with Crippen molar-refractivity contribution in [3.63, 3.8) is 0 Å². The lowest BCUT2D eigenvalue weighted by Gasteiger charge is -2.34. The molecule has 0 bridgehead atoms. The number of ether oxygens (including phenoxy) is 1. The molecule has 0 spiro atoms. The molecule has 148 valence electrons. The van der Waals surface area contributed by atoms with Crippen molar-refractivity contribution in [1.82, 2.24) is 9.80 Å². The molecule has 0 radical (unpaired) electrons.